The van der Waals surface area contributed by atoms with E-state index in [1.807, 2.05) is 12.1 Å². The van der Waals surface area contributed by atoms with Crippen molar-refractivity contribution in [1.82, 2.24) is 0 Å². The zero-order chi connectivity index (χ0) is 15.6. The number of anilines is 1. The van der Waals surface area contributed by atoms with Gasteiger partial charge in [-0.2, -0.15) is 0 Å². The fraction of sp³-hybridized carbons (Fsp3) is 0.500. The van der Waals surface area contributed by atoms with Crippen molar-refractivity contribution in [2.75, 3.05) is 11.9 Å². The summed E-state index contributed by atoms with van der Waals surface area (Å²) in [4.78, 5) is 14.4. The molecular weight excluding hydrogens is 266 g/mol. The standard InChI is InChI=1S/C16H23N3O2/c1-16(2)10-6-8-12(16)15(20)19(3)13-9-5-4-7-11(13)14(17)18-21/h4-5,7,9,12,21H,6,8,10H2,1-3H3,(H2,17,18). The lowest BCUT2D eigenvalue weighted by molar-refractivity contribution is -0.124. The van der Waals surface area contributed by atoms with Crippen molar-refractivity contribution in [1.29, 1.82) is 0 Å². The SMILES string of the molecule is CN(C(=O)C1CCCC1(C)C)c1ccccc1/C(N)=N/O. The van der Waals surface area contributed by atoms with Crippen molar-refractivity contribution in [2.45, 2.75) is 33.1 Å². The van der Waals surface area contributed by atoms with Crippen LogP contribution in [0.2, 0.25) is 0 Å². The number of benzene rings is 1. The second-order valence-corrected chi connectivity index (χ2v) is 6.33. The molecule has 1 unspecified atom stereocenters. The lowest BCUT2D eigenvalue weighted by Crippen LogP contribution is -2.38. The largest absolute Gasteiger partial charge is 0.409 e. The van der Waals surface area contributed by atoms with Crippen LogP contribution in [0.5, 0.6) is 0 Å². The molecule has 114 valence electrons. The smallest absolute Gasteiger partial charge is 0.230 e. The van der Waals surface area contributed by atoms with Gasteiger partial charge in [-0.15, -0.1) is 0 Å². The van der Waals surface area contributed by atoms with Crippen LogP contribution in [0.1, 0.15) is 38.7 Å². The fourth-order valence-corrected chi connectivity index (χ4v) is 3.17. The molecule has 1 atom stereocenters. The summed E-state index contributed by atoms with van der Waals surface area (Å²) >= 11 is 0. The summed E-state index contributed by atoms with van der Waals surface area (Å²) in [5, 5.41) is 11.9. The number of nitrogens with two attached hydrogens (primary N) is 1. The zero-order valence-corrected chi connectivity index (χ0v) is 12.8. The third-order valence-electron chi connectivity index (χ3n) is 4.54. The molecule has 0 bridgehead atoms. The van der Waals surface area contributed by atoms with Gasteiger partial charge in [0.25, 0.3) is 0 Å². The van der Waals surface area contributed by atoms with Crippen molar-refractivity contribution in [3.63, 3.8) is 0 Å². The molecular formula is C16H23N3O2. The molecule has 21 heavy (non-hydrogen) atoms. The van der Waals surface area contributed by atoms with E-state index in [0.717, 1.165) is 19.3 Å². The Balaban J connectivity index is 2.32. The van der Waals surface area contributed by atoms with E-state index in [-0.39, 0.29) is 23.1 Å². The number of para-hydroxylation sites is 1. The Labute approximate surface area is 125 Å². The lowest BCUT2D eigenvalue weighted by Gasteiger charge is -2.30. The molecule has 5 heteroatoms. The Morgan fingerprint density at radius 1 is 1.43 bits per heavy atom. The van der Waals surface area contributed by atoms with Crippen molar-refractivity contribution in [3.05, 3.63) is 29.8 Å². The van der Waals surface area contributed by atoms with Crippen LogP contribution in [0.3, 0.4) is 0 Å². The van der Waals surface area contributed by atoms with E-state index in [2.05, 4.69) is 19.0 Å². The summed E-state index contributed by atoms with van der Waals surface area (Å²) in [5.41, 5.74) is 6.96. The highest BCUT2D eigenvalue weighted by molar-refractivity contribution is 6.06. The van der Waals surface area contributed by atoms with Gasteiger partial charge in [0, 0.05) is 18.5 Å². The second-order valence-electron chi connectivity index (χ2n) is 6.33. The maximum absolute atomic E-state index is 12.8. The normalized spacial score (nSPS) is 21.3. The van der Waals surface area contributed by atoms with Gasteiger partial charge in [0.05, 0.1) is 5.69 Å². The van der Waals surface area contributed by atoms with Gasteiger partial charge in [-0.25, -0.2) is 0 Å². The maximum atomic E-state index is 12.8. The third-order valence-corrected chi connectivity index (χ3v) is 4.54. The fourth-order valence-electron chi connectivity index (χ4n) is 3.17. The van der Waals surface area contributed by atoms with Gasteiger partial charge in [-0.05, 0) is 30.4 Å². The van der Waals surface area contributed by atoms with Crippen molar-refractivity contribution in [2.24, 2.45) is 22.2 Å². The van der Waals surface area contributed by atoms with Crippen LogP contribution in [0.15, 0.2) is 29.4 Å². The van der Waals surface area contributed by atoms with Crippen molar-refractivity contribution < 1.29 is 10.0 Å². The number of nitrogens with zero attached hydrogens (tertiary/aromatic N) is 2. The first-order chi connectivity index (χ1) is 9.88. The van der Waals surface area contributed by atoms with Crippen LogP contribution in [0.4, 0.5) is 5.69 Å². The van der Waals surface area contributed by atoms with Crippen LogP contribution in [0.25, 0.3) is 0 Å². The van der Waals surface area contributed by atoms with Gasteiger partial charge in [-0.3, -0.25) is 4.79 Å². The molecule has 1 aliphatic carbocycles. The average Bonchev–Trinajstić information content (AvgIpc) is 2.84. The van der Waals surface area contributed by atoms with E-state index in [1.54, 1.807) is 24.1 Å². The predicted molar refractivity (Wildman–Crippen MR) is 83.5 cm³/mol. The Bertz CT molecular complexity index is 566. The first-order valence-electron chi connectivity index (χ1n) is 7.23. The number of rotatable bonds is 3. The molecule has 1 saturated carbocycles. The van der Waals surface area contributed by atoms with Gasteiger partial charge < -0.3 is 15.8 Å². The number of oxime groups is 1. The van der Waals surface area contributed by atoms with E-state index < -0.39 is 0 Å². The van der Waals surface area contributed by atoms with Gasteiger partial charge in [0.15, 0.2) is 5.84 Å². The molecule has 1 fully saturated rings. The summed E-state index contributed by atoms with van der Waals surface area (Å²) in [6.45, 7) is 4.29. The zero-order valence-electron chi connectivity index (χ0n) is 12.8. The van der Waals surface area contributed by atoms with Crippen LogP contribution < -0.4 is 10.6 Å². The second kappa shape index (κ2) is 5.76. The molecule has 0 aromatic heterocycles. The number of amidine groups is 1. The van der Waals surface area contributed by atoms with Crippen LogP contribution in [-0.2, 0) is 4.79 Å². The number of carbonyl (C=O) groups excluding carboxylic acids is 1. The Hall–Kier alpha value is -2.04. The highest BCUT2D eigenvalue weighted by Crippen LogP contribution is 2.43. The minimum atomic E-state index is 0.0101. The topological polar surface area (TPSA) is 78.9 Å². The average molecular weight is 289 g/mol. The summed E-state index contributed by atoms with van der Waals surface area (Å²) in [6, 6.07) is 7.20. The van der Waals surface area contributed by atoms with E-state index >= 15 is 0 Å². The third kappa shape index (κ3) is 2.86. The number of hydrogen-bond donors (Lipinski definition) is 2. The van der Waals surface area contributed by atoms with Gasteiger partial charge >= 0.3 is 0 Å². The molecule has 5 nitrogen and oxygen atoms in total. The van der Waals surface area contributed by atoms with Gasteiger partial charge in [-0.1, -0.05) is 37.6 Å². The quantitative estimate of drug-likeness (QED) is 0.388. The number of amides is 1. The Morgan fingerprint density at radius 2 is 2.10 bits per heavy atom. The van der Waals surface area contributed by atoms with Crippen LogP contribution in [-0.4, -0.2) is 24.0 Å². The predicted octanol–water partition coefficient (Wildman–Crippen LogP) is 2.57. The molecule has 1 aliphatic rings. The summed E-state index contributed by atoms with van der Waals surface area (Å²) < 4.78 is 0. The van der Waals surface area contributed by atoms with Gasteiger partial charge in [0.2, 0.25) is 5.91 Å². The van der Waals surface area contributed by atoms with E-state index in [1.165, 1.54) is 0 Å². The van der Waals surface area contributed by atoms with E-state index in [0.29, 0.717) is 11.3 Å². The molecule has 2 rings (SSSR count). The highest BCUT2D eigenvalue weighted by Gasteiger charge is 2.41. The number of hydrogen-bond acceptors (Lipinski definition) is 3. The Morgan fingerprint density at radius 3 is 2.67 bits per heavy atom. The molecule has 1 amide bonds. The molecule has 3 N–H and O–H groups in total. The first-order valence-corrected chi connectivity index (χ1v) is 7.23. The Kier molecular flexibility index (Phi) is 4.21. The minimum Gasteiger partial charge on any atom is -0.409 e. The summed E-state index contributed by atoms with van der Waals surface area (Å²) in [7, 11) is 1.75. The summed E-state index contributed by atoms with van der Waals surface area (Å²) in [5.74, 6) is 0.120. The highest BCUT2D eigenvalue weighted by atomic mass is 16.4. The maximum Gasteiger partial charge on any atom is 0.230 e. The van der Waals surface area contributed by atoms with Crippen molar-refractivity contribution in [3.8, 4) is 0 Å². The molecule has 0 radical (unpaired) electrons. The molecule has 0 heterocycles. The minimum absolute atomic E-state index is 0.0101. The lowest BCUT2D eigenvalue weighted by atomic mass is 9.81. The van der Waals surface area contributed by atoms with E-state index in [4.69, 9.17) is 10.9 Å². The first kappa shape index (κ1) is 15.4. The monoisotopic (exact) mass is 289 g/mol. The molecule has 0 saturated heterocycles. The number of carbonyl (C=O) groups is 1. The molecule has 1 aromatic carbocycles. The summed E-state index contributed by atoms with van der Waals surface area (Å²) in [6.07, 6.45) is 3.07. The molecule has 0 spiro atoms. The van der Waals surface area contributed by atoms with E-state index in [9.17, 15) is 4.79 Å². The van der Waals surface area contributed by atoms with Gasteiger partial charge in [0.1, 0.15) is 0 Å². The molecule has 1 aromatic rings. The van der Waals surface area contributed by atoms with Crippen LogP contribution >= 0.6 is 0 Å². The van der Waals surface area contributed by atoms with Crippen LogP contribution in [0, 0.1) is 11.3 Å². The van der Waals surface area contributed by atoms with Crippen molar-refractivity contribution >= 4 is 17.4 Å². The molecule has 0 aliphatic heterocycles.